The Bertz CT molecular complexity index is 877. The van der Waals surface area contributed by atoms with Gasteiger partial charge in [-0.2, -0.15) is 0 Å². The minimum absolute atomic E-state index is 0.0736. The molecule has 4 nitrogen and oxygen atoms in total. The number of benzene rings is 2. The van der Waals surface area contributed by atoms with Crippen LogP contribution < -0.4 is 5.32 Å². The summed E-state index contributed by atoms with van der Waals surface area (Å²) in [6, 6.07) is 15.0. The summed E-state index contributed by atoms with van der Waals surface area (Å²) < 4.78 is 0. The second-order valence-corrected chi connectivity index (χ2v) is 8.64. The fourth-order valence-electron chi connectivity index (χ4n) is 4.03. The molecule has 5 heteroatoms. The monoisotopic (exact) mass is 426 g/mol. The number of hydrogen-bond acceptors (Lipinski definition) is 2. The predicted octanol–water partition coefficient (Wildman–Crippen LogP) is 5.06. The third kappa shape index (κ3) is 5.85. The van der Waals surface area contributed by atoms with Gasteiger partial charge in [0.25, 0.3) is 0 Å². The predicted molar refractivity (Wildman–Crippen MR) is 121 cm³/mol. The van der Waals surface area contributed by atoms with E-state index in [-0.39, 0.29) is 24.3 Å². The van der Waals surface area contributed by atoms with Crippen LogP contribution in [0.4, 0.5) is 0 Å². The number of carbonyl (C=O) groups is 2. The Hall–Kier alpha value is -2.33. The minimum atomic E-state index is -0.570. The Kier molecular flexibility index (Phi) is 7.92. The minimum Gasteiger partial charge on any atom is -0.352 e. The van der Waals surface area contributed by atoms with Gasteiger partial charge in [-0.3, -0.25) is 9.59 Å². The molecule has 0 radical (unpaired) electrons. The maximum atomic E-state index is 13.3. The average Bonchev–Trinajstić information content (AvgIpc) is 2.75. The number of halogens is 1. The quantitative estimate of drug-likeness (QED) is 0.672. The van der Waals surface area contributed by atoms with Crippen LogP contribution in [-0.2, 0) is 22.6 Å². The molecule has 0 spiro atoms. The first kappa shape index (κ1) is 22.4. The molecular formula is C25H31ClN2O2. The van der Waals surface area contributed by atoms with Crippen LogP contribution in [0.3, 0.4) is 0 Å². The number of nitrogens with one attached hydrogen (secondary N) is 1. The van der Waals surface area contributed by atoms with Gasteiger partial charge in [-0.25, -0.2) is 0 Å². The van der Waals surface area contributed by atoms with Gasteiger partial charge < -0.3 is 10.2 Å². The van der Waals surface area contributed by atoms with Crippen LogP contribution in [0.2, 0.25) is 5.02 Å². The molecule has 0 aromatic heterocycles. The van der Waals surface area contributed by atoms with Crippen molar-refractivity contribution in [3.8, 4) is 0 Å². The normalized spacial score (nSPS) is 15.4. The van der Waals surface area contributed by atoms with Crippen LogP contribution in [0, 0.1) is 6.92 Å². The molecule has 0 saturated heterocycles. The number of rotatable bonds is 7. The van der Waals surface area contributed by atoms with E-state index >= 15 is 0 Å². The van der Waals surface area contributed by atoms with Gasteiger partial charge in [0.15, 0.2) is 0 Å². The Morgan fingerprint density at radius 1 is 1.03 bits per heavy atom. The fraction of sp³-hybridized carbons (Fsp3) is 0.440. The van der Waals surface area contributed by atoms with Gasteiger partial charge in [0.2, 0.25) is 11.8 Å². The number of hydrogen-bond donors (Lipinski definition) is 1. The van der Waals surface area contributed by atoms with Crippen molar-refractivity contribution in [1.29, 1.82) is 0 Å². The SMILES string of the molecule is Cc1ccccc1CC(=O)N(Cc1ccccc1Cl)[C@@H](C)C(=O)NC1CCCCC1. The zero-order valence-electron chi connectivity index (χ0n) is 17.9. The summed E-state index contributed by atoms with van der Waals surface area (Å²) in [6.45, 7) is 4.12. The van der Waals surface area contributed by atoms with E-state index in [2.05, 4.69) is 5.32 Å². The highest BCUT2D eigenvalue weighted by Gasteiger charge is 2.28. The Morgan fingerprint density at radius 3 is 2.33 bits per heavy atom. The van der Waals surface area contributed by atoms with Crippen molar-refractivity contribution in [3.05, 3.63) is 70.2 Å². The third-order valence-corrected chi connectivity index (χ3v) is 6.39. The van der Waals surface area contributed by atoms with Crippen molar-refractivity contribution in [1.82, 2.24) is 10.2 Å². The summed E-state index contributed by atoms with van der Waals surface area (Å²) in [5.74, 6) is -0.164. The molecule has 160 valence electrons. The molecule has 1 saturated carbocycles. The number of amides is 2. The fourth-order valence-corrected chi connectivity index (χ4v) is 4.23. The highest BCUT2D eigenvalue weighted by Crippen LogP contribution is 2.21. The maximum absolute atomic E-state index is 13.3. The second-order valence-electron chi connectivity index (χ2n) is 8.24. The van der Waals surface area contributed by atoms with Crippen molar-refractivity contribution >= 4 is 23.4 Å². The molecule has 0 heterocycles. The van der Waals surface area contributed by atoms with E-state index < -0.39 is 6.04 Å². The lowest BCUT2D eigenvalue weighted by Gasteiger charge is -2.31. The molecule has 1 aliphatic carbocycles. The largest absolute Gasteiger partial charge is 0.352 e. The number of carbonyl (C=O) groups excluding carboxylic acids is 2. The Labute approximate surface area is 184 Å². The third-order valence-electron chi connectivity index (χ3n) is 6.02. The van der Waals surface area contributed by atoms with Crippen molar-refractivity contribution in [3.63, 3.8) is 0 Å². The molecule has 0 aliphatic heterocycles. The summed E-state index contributed by atoms with van der Waals surface area (Å²) >= 11 is 6.36. The van der Waals surface area contributed by atoms with Gasteiger partial charge in [0, 0.05) is 17.6 Å². The molecular weight excluding hydrogens is 396 g/mol. The topological polar surface area (TPSA) is 49.4 Å². The smallest absolute Gasteiger partial charge is 0.242 e. The molecule has 30 heavy (non-hydrogen) atoms. The van der Waals surface area contributed by atoms with E-state index in [1.807, 2.05) is 62.4 Å². The standard InChI is InChI=1S/C25H31ClN2O2/c1-18-10-6-7-11-20(18)16-24(29)28(17-21-12-8-9-15-23(21)26)19(2)25(30)27-22-13-4-3-5-14-22/h6-12,15,19,22H,3-5,13-14,16-17H2,1-2H3,(H,27,30)/t19-/m0/s1. The van der Waals surface area contributed by atoms with Crippen LogP contribution >= 0.6 is 11.6 Å². The van der Waals surface area contributed by atoms with Gasteiger partial charge in [-0.1, -0.05) is 73.3 Å². The molecule has 3 rings (SSSR count). The van der Waals surface area contributed by atoms with Crippen LogP contribution in [0.5, 0.6) is 0 Å². The summed E-state index contributed by atoms with van der Waals surface area (Å²) in [6.07, 6.45) is 5.82. The van der Waals surface area contributed by atoms with E-state index in [4.69, 9.17) is 11.6 Å². The average molecular weight is 427 g/mol. The Balaban J connectivity index is 1.78. The molecule has 2 aromatic carbocycles. The van der Waals surface area contributed by atoms with Crippen LogP contribution in [0.1, 0.15) is 55.7 Å². The molecule has 1 fully saturated rings. The summed E-state index contributed by atoms with van der Waals surface area (Å²) in [4.78, 5) is 28.0. The zero-order chi connectivity index (χ0) is 21.5. The van der Waals surface area contributed by atoms with E-state index in [9.17, 15) is 9.59 Å². The van der Waals surface area contributed by atoms with Gasteiger partial charge in [0.1, 0.15) is 6.04 Å². The first-order valence-electron chi connectivity index (χ1n) is 10.8. The van der Waals surface area contributed by atoms with Crippen molar-refractivity contribution in [2.75, 3.05) is 0 Å². The van der Waals surface area contributed by atoms with E-state index in [0.29, 0.717) is 11.6 Å². The molecule has 0 unspecified atom stereocenters. The zero-order valence-corrected chi connectivity index (χ0v) is 18.6. The summed E-state index contributed by atoms with van der Waals surface area (Å²) in [5.41, 5.74) is 2.89. The molecule has 0 bridgehead atoms. The van der Waals surface area contributed by atoms with Crippen LogP contribution in [0.15, 0.2) is 48.5 Å². The van der Waals surface area contributed by atoms with Gasteiger partial charge in [0.05, 0.1) is 6.42 Å². The lowest BCUT2D eigenvalue weighted by Crippen LogP contribution is -2.50. The highest BCUT2D eigenvalue weighted by molar-refractivity contribution is 6.31. The van der Waals surface area contributed by atoms with Crippen molar-refractivity contribution in [2.45, 2.75) is 71.0 Å². The first-order valence-corrected chi connectivity index (χ1v) is 11.2. The number of aryl methyl sites for hydroxylation is 1. The molecule has 1 atom stereocenters. The lowest BCUT2D eigenvalue weighted by molar-refractivity contribution is -0.140. The second kappa shape index (κ2) is 10.6. The summed E-state index contributed by atoms with van der Waals surface area (Å²) in [7, 11) is 0. The van der Waals surface area contributed by atoms with Gasteiger partial charge in [-0.05, 0) is 49.4 Å². The van der Waals surface area contributed by atoms with E-state index in [0.717, 1.165) is 42.4 Å². The lowest BCUT2D eigenvalue weighted by atomic mass is 9.95. The van der Waals surface area contributed by atoms with Crippen molar-refractivity contribution in [2.24, 2.45) is 0 Å². The number of nitrogens with zero attached hydrogens (tertiary/aromatic N) is 1. The first-order chi connectivity index (χ1) is 14.5. The van der Waals surface area contributed by atoms with E-state index in [1.165, 1.54) is 6.42 Å². The Morgan fingerprint density at radius 2 is 1.67 bits per heavy atom. The van der Waals surface area contributed by atoms with Crippen molar-refractivity contribution < 1.29 is 9.59 Å². The van der Waals surface area contributed by atoms with E-state index in [1.54, 1.807) is 4.90 Å². The maximum Gasteiger partial charge on any atom is 0.242 e. The van der Waals surface area contributed by atoms with Crippen LogP contribution in [-0.4, -0.2) is 28.8 Å². The van der Waals surface area contributed by atoms with Crippen LogP contribution in [0.25, 0.3) is 0 Å². The van der Waals surface area contributed by atoms with Gasteiger partial charge in [-0.15, -0.1) is 0 Å². The summed E-state index contributed by atoms with van der Waals surface area (Å²) in [5, 5.41) is 3.77. The molecule has 2 aromatic rings. The molecule has 2 amide bonds. The highest BCUT2D eigenvalue weighted by atomic mass is 35.5. The molecule has 1 aliphatic rings. The van der Waals surface area contributed by atoms with Gasteiger partial charge >= 0.3 is 0 Å². The molecule has 1 N–H and O–H groups in total.